The highest BCUT2D eigenvalue weighted by Crippen LogP contribution is 2.31. The Labute approximate surface area is 173 Å². The van der Waals surface area contributed by atoms with Crippen LogP contribution in [-0.2, 0) is 19.4 Å². The number of hydrogen-bond acceptors (Lipinski definition) is 3. The molecular formula is C23H30ClN3O. The minimum Gasteiger partial charge on any atom is -0.380 e. The molecule has 1 aliphatic heterocycles. The largest absolute Gasteiger partial charge is 0.380 e. The monoisotopic (exact) mass is 399 g/mol. The van der Waals surface area contributed by atoms with Crippen LogP contribution in [0.2, 0.25) is 5.02 Å². The Kier molecular flexibility index (Phi) is 7.35. The van der Waals surface area contributed by atoms with Crippen LogP contribution in [0.1, 0.15) is 53.7 Å². The molecule has 0 aromatic heterocycles. The van der Waals surface area contributed by atoms with E-state index in [0.717, 1.165) is 55.0 Å². The van der Waals surface area contributed by atoms with Gasteiger partial charge in [0.05, 0.1) is 10.7 Å². The van der Waals surface area contributed by atoms with Gasteiger partial charge in [-0.3, -0.25) is 4.79 Å². The number of amides is 1. The highest BCUT2D eigenvalue weighted by molar-refractivity contribution is 6.33. The second-order valence-electron chi connectivity index (χ2n) is 7.35. The molecule has 3 rings (SSSR count). The number of anilines is 1. The van der Waals surface area contributed by atoms with Crippen LogP contribution in [0.15, 0.2) is 36.4 Å². The number of benzene rings is 2. The van der Waals surface area contributed by atoms with E-state index in [1.54, 1.807) is 0 Å². The number of carbonyl (C=O) groups is 1. The fourth-order valence-corrected chi connectivity index (χ4v) is 3.90. The van der Waals surface area contributed by atoms with E-state index >= 15 is 0 Å². The average molecular weight is 400 g/mol. The summed E-state index contributed by atoms with van der Waals surface area (Å²) in [6.45, 7) is 6.85. The molecular weight excluding hydrogens is 370 g/mol. The van der Waals surface area contributed by atoms with Crippen molar-refractivity contribution in [2.75, 3.05) is 18.4 Å². The summed E-state index contributed by atoms with van der Waals surface area (Å²) in [7, 11) is 0. The molecule has 5 heteroatoms. The molecule has 1 heterocycles. The highest BCUT2D eigenvalue weighted by atomic mass is 35.5. The maximum Gasteiger partial charge on any atom is 0.251 e. The Balaban J connectivity index is 1.67. The van der Waals surface area contributed by atoms with Gasteiger partial charge in [0.25, 0.3) is 5.91 Å². The Hall–Kier alpha value is -2.04. The lowest BCUT2D eigenvalue weighted by Crippen LogP contribution is -2.33. The number of fused-ring (bicyclic) bond motifs is 1. The lowest BCUT2D eigenvalue weighted by molar-refractivity contribution is 0.0935. The molecule has 1 amide bonds. The Morgan fingerprint density at radius 2 is 1.79 bits per heavy atom. The molecule has 150 valence electrons. The minimum absolute atomic E-state index is 0.00265. The van der Waals surface area contributed by atoms with Gasteiger partial charge in [0.1, 0.15) is 0 Å². The van der Waals surface area contributed by atoms with Crippen molar-refractivity contribution in [1.82, 2.24) is 10.6 Å². The topological polar surface area (TPSA) is 53.2 Å². The number of rotatable bonds is 7. The first-order valence-electron chi connectivity index (χ1n) is 10.3. The molecule has 0 spiro atoms. The van der Waals surface area contributed by atoms with E-state index in [-0.39, 0.29) is 11.9 Å². The molecule has 1 aliphatic rings. The van der Waals surface area contributed by atoms with Crippen molar-refractivity contribution < 1.29 is 4.79 Å². The molecule has 0 bridgehead atoms. The SMILES string of the molecule is CCC(CC)NC(=O)c1ccc(CNc2c(Cl)ccc3c2CCNCC3)cc1. The van der Waals surface area contributed by atoms with Crippen LogP contribution in [0.4, 0.5) is 5.69 Å². The van der Waals surface area contributed by atoms with Gasteiger partial charge in [-0.1, -0.05) is 43.6 Å². The molecule has 0 radical (unpaired) electrons. The Morgan fingerprint density at radius 3 is 2.50 bits per heavy atom. The quantitative estimate of drug-likeness (QED) is 0.639. The van der Waals surface area contributed by atoms with E-state index in [4.69, 9.17) is 11.6 Å². The summed E-state index contributed by atoms with van der Waals surface area (Å²) in [5.74, 6) is -0.00265. The van der Waals surface area contributed by atoms with Gasteiger partial charge in [-0.2, -0.15) is 0 Å². The lowest BCUT2D eigenvalue weighted by Gasteiger charge is -2.17. The van der Waals surface area contributed by atoms with Crippen LogP contribution in [0, 0.1) is 0 Å². The first kappa shape index (κ1) is 20.7. The number of nitrogens with one attached hydrogen (secondary N) is 3. The molecule has 2 aromatic carbocycles. The van der Waals surface area contributed by atoms with E-state index in [0.29, 0.717) is 12.1 Å². The lowest BCUT2D eigenvalue weighted by atomic mass is 10.0. The van der Waals surface area contributed by atoms with Gasteiger partial charge < -0.3 is 16.0 Å². The predicted octanol–water partition coefficient (Wildman–Crippen LogP) is 4.56. The number of carbonyl (C=O) groups excluding carboxylic acids is 1. The van der Waals surface area contributed by atoms with Crippen molar-refractivity contribution in [2.24, 2.45) is 0 Å². The van der Waals surface area contributed by atoms with Crippen molar-refractivity contribution in [3.63, 3.8) is 0 Å². The highest BCUT2D eigenvalue weighted by Gasteiger charge is 2.15. The van der Waals surface area contributed by atoms with Crippen LogP contribution < -0.4 is 16.0 Å². The number of hydrogen-bond donors (Lipinski definition) is 3. The third-order valence-electron chi connectivity index (χ3n) is 5.49. The molecule has 28 heavy (non-hydrogen) atoms. The van der Waals surface area contributed by atoms with Crippen LogP contribution in [0.25, 0.3) is 0 Å². The summed E-state index contributed by atoms with van der Waals surface area (Å²) < 4.78 is 0. The van der Waals surface area contributed by atoms with Crippen molar-refractivity contribution >= 4 is 23.2 Å². The summed E-state index contributed by atoms with van der Waals surface area (Å²) in [4.78, 5) is 12.4. The van der Waals surface area contributed by atoms with E-state index in [2.05, 4.69) is 35.9 Å². The van der Waals surface area contributed by atoms with Gasteiger partial charge in [0, 0.05) is 18.2 Å². The predicted molar refractivity (Wildman–Crippen MR) is 117 cm³/mol. The molecule has 0 saturated heterocycles. The van der Waals surface area contributed by atoms with Gasteiger partial charge in [-0.15, -0.1) is 0 Å². The van der Waals surface area contributed by atoms with Crippen LogP contribution in [-0.4, -0.2) is 25.0 Å². The fourth-order valence-electron chi connectivity index (χ4n) is 3.66. The zero-order valence-electron chi connectivity index (χ0n) is 16.8. The molecule has 3 N–H and O–H groups in total. The summed E-state index contributed by atoms with van der Waals surface area (Å²) in [5, 5.41) is 10.8. The zero-order chi connectivity index (χ0) is 19.9. The number of halogens is 1. The molecule has 0 saturated carbocycles. The second kappa shape index (κ2) is 9.94. The van der Waals surface area contributed by atoms with Gasteiger partial charge in [-0.05, 0) is 73.7 Å². The standard InChI is InChI=1S/C23H30ClN3O/c1-3-19(4-2)27-23(28)18-7-5-16(6-8-18)15-26-22-20-12-14-25-13-11-17(20)9-10-21(22)24/h5-10,19,25-26H,3-4,11-15H2,1-2H3,(H,27,28). The summed E-state index contributed by atoms with van der Waals surface area (Å²) >= 11 is 6.49. The maximum atomic E-state index is 12.4. The third-order valence-corrected chi connectivity index (χ3v) is 5.80. The van der Waals surface area contributed by atoms with Gasteiger partial charge in [0.15, 0.2) is 0 Å². The second-order valence-corrected chi connectivity index (χ2v) is 7.75. The molecule has 4 nitrogen and oxygen atoms in total. The smallest absolute Gasteiger partial charge is 0.251 e. The first-order valence-corrected chi connectivity index (χ1v) is 10.6. The average Bonchev–Trinajstić information content (AvgIpc) is 2.97. The summed E-state index contributed by atoms with van der Waals surface area (Å²) in [5.41, 5.74) is 5.55. The molecule has 0 fully saturated rings. The fraction of sp³-hybridized carbons (Fsp3) is 0.435. The van der Waals surface area contributed by atoms with Gasteiger partial charge in [-0.25, -0.2) is 0 Å². The van der Waals surface area contributed by atoms with E-state index in [1.165, 1.54) is 11.1 Å². The first-order chi connectivity index (χ1) is 13.6. The van der Waals surface area contributed by atoms with Gasteiger partial charge in [0.2, 0.25) is 0 Å². The normalized spacial score (nSPS) is 13.7. The zero-order valence-corrected chi connectivity index (χ0v) is 17.5. The van der Waals surface area contributed by atoms with Crippen molar-refractivity contribution in [2.45, 2.75) is 52.1 Å². The summed E-state index contributed by atoms with van der Waals surface area (Å²) in [6, 6.07) is 12.2. The third kappa shape index (κ3) is 5.06. The molecule has 0 aliphatic carbocycles. The Bertz CT molecular complexity index is 800. The van der Waals surface area contributed by atoms with Crippen molar-refractivity contribution in [3.8, 4) is 0 Å². The van der Waals surface area contributed by atoms with E-state index in [1.807, 2.05) is 30.3 Å². The molecule has 0 unspecified atom stereocenters. The van der Waals surface area contributed by atoms with Crippen molar-refractivity contribution in [1.29, 1.82) is 0 Å². The summed E-state index contributed by atoms with van der Waals surface area (Å²) in [6.07, 6.45) is 3.90. The van der Waals surface area contributed by atoms with Crippen LogP contribution in [0.5, 0.6) is 0 Å². The Morgan fingerprint density at radius 1 is 1.07 bits per heavy atom. The minimum atomic E-state index is -0.00265. The van der Waals surface area contributed by atoms with Crippen LogP contribution in [0.3, 0.4) is 0 Å². The molecule has 2 aromatic rings. The molecule has 0 atom stereocenters. The van der Waals surface area contributed by atoms with E-state index < -0.39 is 0 Å². The van der Waals surface area contributed by atoms with Crippen LogP contribution >= 0.6 is 11.6 Å². The van der Waals surface area contributed by atoms with Crippen molar-refractivity contribution in [3.05, 3.63) is 63.7 Å². The maximum absolute atomic E-state index is 12.4. The van der Waals surface area contributed by atoms with Gasteiger partial charge >= 0.3 is 0 Å². The van der Waals surface area contributed by atoms with E-state index in [9.17, 15) is 4.79 Å².